The summed E-state index contributed by atoms with van der Waals surface area (Å²) in [6, 6.07) is 10.7. The summed E-state index contributed by atoms with van der Waals surface area (Å²) >= 11 is 0. The van der Waals surface area contributed by atoms with Gasteiger partial charge in [-0.1, -0.05) is 18.2 Å². The summed E-state index contributed by atoms with van der Waals surface area (Å²) < 4.78 is 0. The fraction of sp³-hybridized carbons (Fsp3) is 0.125. The highest BCUT2D eigenvalue weighted by Crippen LogP contribution is 2.20. The molecule has 0 unspecified atom stereocenters. The Hall–Kier alpha value is -3.22. The Balaban J connectivity index is 1.88. The van der Waals surface area contributed by atoms with Crippen molar-refractivity contribution in [1.29, 1.82) is 0 Å². The molecule has 0 bridgehead atoms. The third-order valence-electron chi connectivity index (χ3n) is 3.58. The van der Waals surface area contributed by atoms with Gasteiger partial charge >= 0.3 is 0 Å². The van der Waals surface area contributed by atoms with Crippen LogP contribution in [0.4, 0.5) is 11.5 Å². The SMILES string of the molecule is Cc1cc(NCc2cc(=O)[nH]c3ccccc23)ncc1[N+](=O)[O-]. The number of aryl methyl sites for hydroxylation is 1. The first-order valence-corrected chi connectivity index (χ1v) is 7.00. The first kappa shape index (κ1) is 14.7. The van der Waals surface area contributed by atoms with Gasteiger partial charge < -0.3 is 10.3 Å². The summed E-state index contributed by atoms with van der Waals surface area (Å²) in [4.78, 5) is 28.9. The average molecular weight is 310 g/mol. The van der Waals surface area contributed by atoms with Gasteiger partial charge in [-0.2, -0.15) is 0 Å². The first-order chi connectivity index (χ1) is 11.0. The third kappa shape index (κ3) is 3.03. The van der Waals surface area contributed by atoms with Crippen LogP contribution in [0.1, 0.15) is 11.1 Å². The second-order valence-corrected chi connectivity index (χ2v) is 5.17. The number of pyridine rings is 2. The molecule has 2 aromatic heterocycles. The number of fused-ring (bicyclic) bond motifs is 1. The van der Waals surface area contributed by atoms with Crippen LogP contribution in [0, 0.1) is 17.0 Å². The number of benzene rings is 1. The highest BCUT2D eigenvalue weighted by atomic mass is 16.6. The van der Waals surface area contributed by atoms with E-state index in [2.05, 4.69) is 15.3 Å². The lowest BCUT2D eigenvalue weighted by Gasteiger charge is -2.09. The topological polar surface area (TPSA) is 101 Å². The minimum atomic E-state index is -0.462. The fourth-order valence-corrected chi connectivity index (χ4v) is 2.45. The van der Waals surface area contributed by atoms with Crippen molar-refractivity contribution >= 4 is 22.4 Å². The molecule has 7 nitrogen and oxygen atoms in total. The Kier molecular flexibility index (Phi) is 3.76. The summed E-state index contributed by atoms with van der Waals surface area (Å²) in [5.41, 5.74) is 1.94. The average Bonchev–Trinajstić information content (AvgIpc) is 2.52. The van der Waals surface area contributed by atoms with E-state index in [-0.39, 0.29) is 11.2 Å². The molecule has 0 radical (unpaired) electrons. The molecule has 7 heteroatoms. The summed E-state index contributed by atoms with van der Waals surface area (Å²) in [6.07, 6.45) is 1.23. The van der Waals surface area contributed by atoms with Gasteiger partial charge in [0, 0.05) is 29.1 Å². The van der Waals surface area contributed by atoms with Crippen molar-refractivity contribution in [3.63, 3.8) is 0 Å². The van der Waals surface area contributed by atoms with Crippen molar-refractivity contribution in [1.82, 2.24) is 9.97 Å². The van der Waals surface area contributed by atoms with Crippen LogP contribution in [0.5, 0.6) is 0 Å². The second-order valence-electron chi connectivity index (χ2n) is 5.17. The smallest absolute Gasteiger partial charge is 0.290 e. The molecule has 1 aromatic carbocycles. The van der Waals surface area contributed by atoms with Gasteiger partial charge in [0.05, 0.1) is 4.92 Å². The van der Waals surface area contributed by atoms with E-state index in [0.29, 0.717) is 17.9 Å². The molecule has 0 aliphatic rings. The first-order valence-electron chi connectivity index (χ1n) is 7.00. The molecular formula is C16H14N4O3. The van der Waals surface area contributed by atoms with E-state index in [4.69, 9.17) is 0 Å². The van der Waals surface area contributed by atoms with Gasteiger partial charge in [0.15, 0.2) is 0 Å². The lowest BCUT2D eigenvalue weighted by atomic mass is 10.1. The van der Waals surface area contributed by atoms with Crippen LogP contribution < -0.4 is 10.9 Å². The third-order valence-corrected chi connectivity index (χ3v) is 3.58. The Morgan fingerprint density at radius 2 is 2.09 bits per heavy atom. The predicted molar refractivity (Wildman–Crippen MR) is 87.5 cm³/mol. The molecule has 0 spiro atoms. The standard InChI is InChI=1S/C16H14N4O3/c1-10-6-15(18-9-14(10)20(22)23)17-8-11-7-16(21)19-13-5-3-2-4-12(11)13/h2-7,9H,8H2,1H3,(H,17,18)(H,19,21). The Morgan fingerprint density at radius 1 is 1.30 bits per heavy atom. The van der Waals surface area contributed by atoms with Gasteiger partial charge in [-0.05, 0) is 24.6 Å². The van der Waals surface area contributed by atoms with Crippen molar-refractivity contribution in [3.05, 3.63) is 74.2 Å². The zero-order chi connectivity index (χ0) is 16.4. The number of nitrogens with zero attached hydrogens (tertiary/aromatic N) is 2. The van der Waals surface area contributed by atoms with Gasteiger partial charge in [-0.3, -0.25) is 14.9 Å². The number of rotatable bonds is 4. The van der Waals surface area contributed by atoms with Gasteiger partial charge in [0.1, 0.15) is 12.0 Å². The van der Waals surface area contributed by atoms with E-state index in [1.165, 1.54) is 12.3 Å². The number of aromatic nitrogens is 2. The summed E-state index contributed by atoms with van der Waals surface area (Å²) in [5.74, 6) is 0.525. The van der Waals surface area contributed by atoms with Crippen LogP contribution in [0.2, 0.25) is 0 Å². The molecule has 2 N–H and O–H groups in total. The summed E-state index contributed by atoms with van der Waals surface area (Å²) in [6.45, 7) is 2.06. The van der Waals surface area contributed by atoms with Crippen molar-refractivity contribution in [3.8, 4) is 0 Å². The number of H-pyrrole nitrogens is 1. The van der Waals surface area contributed by atoms with Gasteiger partial charge in [0.2, 0.25) is 5.56 Å². The van der Waals surface area contributed by atoms with Crippen LogP contribution in [-0.2, 0) is 6.54 Å². The molecular weight excluding hydrogens is 296 g/mol. The maximum atomic E-state index is 11.7. The summed E-state index contributed by atoms with van der Waals surface area (Å²) in [7, 11) is 0. The van der Waals surface area contributed by atoms with E-state index in [1.54, 1.807) is 13.0 Å². The van der Waals surface area contributed by atoms with E-state index < -0.39 is 4.92 Å². The van der Waals surface area contributed by atoms with E-state index in [1.807, 2.05) is 24.3 Å². The second kappa shape index (κ2) is 5.88. The predicted octanol–water partition coefficient (Wildman–Crippen LogP) is 2.75. The van der Waals surface area contributed by atoms with Crippen LogP contribution in [0.25, 0.3) is 10.9 Å². The number of nitrogens with one attached hydrogen (secondary N) is 2. The number of hydrogen-bond donors (Lipinski definition) is 2. The fourth-order valence-electron chi connectivity index (χ4n) is 2.45. The van der Waals surface area contributed by atoms with Crippen LogP contribution >= 0.6 is 0 Å². The van der Waals surface area contributed by atoms with Crippen LogP contribution in [0.3, 0.4) is 0 Å². The zero-order valence-electron chi connectivity index (χ0n) is 12.4. The van der Waals surface area contributed by atoms with Gasteiger partial charge in [-0.15, -0.1) is 0 Å². The number of para-hydroxylation sites is 1. The Morgan fingerprint density at radius 3 is 2.83 bits per heavy atom. The lowest BCUT2D eigenvalue weighted by Crippen LogP contribution is -2.10. The largest absolute Gasteiger partial charge is 0.366 e. The molecule has 0 aliphatic carbocycles. The normalized spacial score (nSPS) is 10.7. The Labute approximate surface area is 131 Å². The molecule has 116 valence electrons. The van der Waals surface area contributed by atoms with Crippen molar-refractivity contribution in [2.45, 2.75) is 13.5 Å². The quantitative estimate of drug-likeness (QED) is 0.570. The monoisotopic (exact) mass is 310 g/mol. The molecule has 0 atom stereocenters. The molecule has 0 saturated carbocycles. The minimum absolute atomic E-state index is 0.0165. The van der Waals surface area contributed by atoms with Gasteiger partial charge in [0.25, 0.3) is 5.69 Å². The van der Waals surface area contributed by atoms with E-state index >= 15 is 0 Å². The van der Waals surface area contributed by atoms with Crippen molar-refractivity contribution < 1.29 is 4.92 Å². The maximum Gasteiger partial charge on any atom is 0.290 e. The molecule has 2 heterocycles. The molecule has 0 aliphatic heterocycles. The molecule has 0 fully saturated rings. The number of anilines is 1. The molecule has 23 heavy (non-hydrogen) atoms. The van der Waals surface area contributed by atoms with Crippen molar-refractivity contribution in [2.75, 3.05) is 5.32 Å². The molecule has 0 saturated heterocycles. The van der Waals surface area contributed by atoms with Crippen molar-refractivity contribution in [2.24, 2.45) is 0 Å². The Bertz CT molecular complexity index is 949. The maximum absolute atomic E-state index is 11.7. The molecule has 3 aromatic rings. The molecule has 3 rings (SSSR count). The van der Waals surface area contributed by atoms with Gasteiger partial charge in [-0.25, -0.2) is 4.98 Å². The number of aromatic amines is 1. The van der Waals surface area contributed by atoms with E-state index in [0.717, 1.165) is 16.5 Å². The number of hydrogen-bond acceptors (Lipinski definition) is 5. The van der Waals surface area contributed by atoms with Crippen LogP contribution in [0.15, 0.2) is 47.4 Å². The lowest BCUT2D eigenvalue weighted by molar-refractivity contribution is -0.385. The highest BCUT2D eigenvalue weighted by Gasteiger charge is 2.11. The number of nitro groups is 1. The van der Waals surface area contributed by atoms with Crippen LogP contribution in [-0.4, -0.2) is 14.9 Å². The zero-order valence-corrected chi connectivity index (χ0v) is 12.4. The molecule has 0 amide bonds. The summed E-state index contributed by atoms with van der Waals surface area (Å²) in [5, 5.41) is 14.8. The highest BCUT2D eigenvalue weighted by molar-refractivity contribution is 5.82. The van der Waals surface area contributed by atoms with E-state index in [9.17, 15) is 14.9 Å². The minimum Gasteiger partial charge on any atom is -0.366 e.